The van der Waals surface area contributed by atoms with Gasteiger partial charge in [0.1, 0.15) is 5.75 Å². The van der Waals surface area contributed by atoms with E-state index in [0.29, 0.717) is 13.0 Å². The van der Waals surface area contributed by atoms with E-state index in [4.69, 9.17) is 4.74 Å². The molecule has 2 N–H and O–H groups in total. The lowest BCUT2D eigenvalue weighted by Gasteiger charge is -2.13. The largest absolute Gasteiger partial charge is 0.496 e. The van der Waals surface area contributed by atoms with Gasteiger partial charge in [0.15, 0.2) is 0 Å². The molecule has 0 aliphatic carbocycles. The van der Waals surface area contributed by atoms with Gasteiger partial charge in [0.2, 0.25) is 5.91 Å². The Bertz CT molecular complexity index is 495. The molecule has 0 radical (unpaired) electrons. The van der Waals surface area contributed by atoms with Crippen LogP contribution in [0.5, 0.6) is 5.75 Å². The maximum Gasteiger partial charge on any atom is 0.244 e. The summed E-state index contributed by atoms with van der Waals surface area (Å²) in [5, 5.41) is 12.2. The number of nitrogens with one attached hydrogen (secondary N) is 1. The summed E-state index contributed by atoms with van der Waals surface area (Å²) in [5.41, 5.74) is 1.76. The Morgan fingerprint density at radius 2 is 2.05 bits per heavy atom. The molecule has 0 fully saturated rings. The predicted octanol–water partition coefficient (Wildman–Crippen LogP) is 2.62. The molecule has 0 aromatic heterocycles. The second kappa shape index (κ2) is 8.47. The second-order valence-electron chi connectivity index (χ2n) is 5.46. The minimum absolute atomic E-state index is 0.129. The molecular weight excluding hydrogens is 266 g/mol. The lowest BCUT2D eigenvalue weighted by Crippen LogP contribution is -2.28. The number of amides is 1. The van der Waals surface area contributed by atoms with E-state index < -0.39 is 0 Å². The van der Waals surface area contributed by atoms with Crippen LogP contribution in [0.3, 0.4) is 0 Å². The number of methoxy groups -OCH3 is 1. The summed E-state index contributed by atoms with van der Waals surface area (Å²) >= 11 is 0. The van der Waals surface area contributed by atoms with E-state index in [-0.39, 0.29) is 17.9 Å². The van der Waals surface area contributed by atoms with Crippen LogP contribution in [-0.4, -0.2) is 30.8 Å². The van der Waals surface area contributed by atoms with Crippen molar-refractivity contribution in [3.8, 4) is 5.75 Å². The van der Waals surface area contributed by atoms with Crippen molar-refractivity contribution in [2.24, 2.45) is 5.92 Å². The first kappa shape index (κ1) is 17.2. The Morgan fingerprint density at radius 1 is 1.38 bits per heavy atom. The highest BCUT2D eigenvalue weighted by molar-refractivity contribution is 5.95. The molecule has 0 aliphatic rings. The van der Waals surface area contributed by atoms with Crippen molar-refractivity contribution in [3.05, 3.63) is 35.9 Å². The summed E-state index contributed by atoms with van der Waals surface area (Å²) in [7, 11) is 1.62. The van der Waals surface area contributed by atoms with Crippen LogP contribution in [0.2, 0.25) is 0 Å². The number of carbonyl (C=O) groups excluding carboxylic acids is 1. The van der Waals surface area contributed by atoms with Gasteiger partial charge in [-0.25, -0.2) is 0 Å². The van der Waals surface area contributed by atoms with Crippen LogP contribution >= 0.6 is 0 Å². The summed E-state index contributed by atoms with van der Waals surface area (Å²) in [6, 6.07) is 7.61. The molecule has 4 nitrogen and oxygen atoms in total. The molecule has 0 spiro atoms. The average molecular weight is 291 g/mol. The lowest BCUT2D eigenvalue weighted by molar-refractivity contribution is -0.116. The Morgan fingerprint density at radius 3 is 2.67 bits per heavy atom. The highest BCUT2D eigenvalue weighted by Gasteiger charge is 2.09. The van der Waals surface area contributed by atoms with E-state index in [2.05, 4.69) is 5.32 Å². The van der Waals surface area contributed by atoms with Crippen LogP contribution in [0, 0.1) is 5.92 Å². The molecule has 4 heteroatoms. The summed E-state index contributed by atoms with van der Waals surface area (Å²) < 4.78 is 5.29. The molecule has 116 valence electrons. The van der Waals surface area contributed by atoms with Crippen molar-refractivity contribution in [2.75, 3.05) is 13.7 Å². The molecule has 1 aromatic carbocycles. The number of ether oxygens (including phenoxy) is 1. The maximum absolute atomic E-state index is 11.9. The number of aliphatic hydroxyl groups is 1. The molecule has 0 saturated carbocycles. The summed E-state index contributed by atoms with van der Waals surface area (Å²) in [4.78, 5) is 11.9. The number of hydrogen-bond acceptors (Lipinski definition) is 3. The third-order valence-electron chi connectivity index (χ3n) is 3.25. The number of hydrogen-bond donors (Lipinski definition) is 2. The summed E-state index contributed by atoms with van der Waals surface area (Å²) in [6.07, 6.45) is 1.91. The first-order valence-electron chi connectivity index (χ1n) is 7.21. The van der Waals surface area contributed by atoms with Gasteiger partial charge in [-0.3, -0.25) is 4.79 Å². The molecule has 0 saturated heterocycles. The fourth-order valence-electron chi connectivity index (χ4n) is 2.24. The molecule has 21 heavy (non-hydrogen) atoms. The quantitative estimate of drug-likeness (QED) is 0.759. The number of para-hydroxylation sites is 1. The van der Waals surface area contributed by atoms with Gasteiger partial charge in [-0.05, 0) is 37.8 Å². The standard InChI is InChI=1S/C17H25NO3/c1-12(9-14(3)19)11-18-17(20)10-13(2)15-7-5-6-8-16(15)21-4/h5-8,10,12,14,19H,9,11H2,1-4H3,(H,18,20). The molecule has 1 rings (SSSR count). The number of allylic oxidation sites excluding steroid dienone is 1. The molecule has 2 atom stereocenters. The number of benzene rings is 1. The fraction of sp³-hybridized carbons (Fsp3) is 0.471. The van der Waals surface area contributed by atoms with Crippen molar-refractivity contribution in [2.45, 2.75) is 33.3 Å². The number of rotatable bonds is 7. The van der Waals surface area contributed by atoms with Gasteiger partial charge in [0.25, 0.3) is 0 Å². The van der Waals surface area contributed by atoms with Crippen LogP contribution in [0.15, 0.2) is 30.3 Å². The van der Waals surface area contributed by atoms with Gasteiger partial charge in [0, 0.05) is 18.2 Å². The smallest absolute Gasteiger partial charge is 0.244 e. The average Bonchev–Trinajstić information content (AvgIpc) is 2.44. The van der Waals surface area contributed by atoms with Crippen molar-refractivity contribution in [1.82, 2.24) is 5.32 Å². The maximum atomic E-state index is 11.9. The van der Waals surface area contributed by atoms with Crippen LogP contribution < -0.4 is 10.1 Å². The van der Waals surface area contributed by atoms with Crippen molar-refractivity contribution in [3.63, 3.8) is 0 Å². The molecule has 1 aromatic rings. The first-order chi connectivity index (χ1) is 9.93. The first-order valence-corrected chi connectivity index (χ1v) is 7.21. The Labute approximate surface area is 126 Å². The zero-order valence-corrected chi connectivity index (χ0v) is 13.2. The zero-order valence-electron chi connectivity index (χ0n) is 13.2. The third kappa shape index (κ3) is 6.00. The molecular formula is C17H25NO3. The van der Waals surface area contributed by atoms with Gasteiger partial charge in [-0.15, -0.1) is 0 Å². The van der Waals surface area contributed by atoms with E-state index in [1.807, 2.05) is 38.1 Å². The molecule has 0 bridgehead atoms. The van der Waals surface area contributed by atoms with Gasteiger partial charge in [-0.2, -0.15) is 0 Å². The van der Waals surface area contributed by atoms with Gasteiger partial charge in [0.05, 0.1) is 13.2 Å². The second-order valence-corrected chi connectivity index (χ2v) is 5.46. The summed E-state index contributed by atoms with van der Waals surface area (Å²) in [6.45, 7) is 6.20. The van der Waals surface area contributed by atoms with E-state index in [1.165, 1.54) is 0 Å². The minimum Gasteiger partial charge on any atom is -0.496 e. The van der Waals surface area contributed by atoms with Crippen molar-refractivity contribution < 1.29 is 14.6 Å². The topological polar surface area (TPSA) is 58.6 Å². The third-order valence-corrected chi connectivity index (χ3v) is 3.25. The van der Waals surface area contributed by atoms with Crippen molar-refractivity contribution in [1.29, 1.82) is 0 Å². The van der Waals surface area contributed by atoms with Gasteiger partial charge < -0.3 is 15.2 Å². The molecule has 0 heterocycles. The van der Waals surface area contributed by atoms with Crippen LogP contribution in [0.25, 0.3) is 5.57 Å². The minimum atomic E-state index is -0.345. The van der Waals surface area contributed by atoms with E-state index in [1.54, 1.807) is 20.1 Å². The molecule has 2 unspecified atom stereocenters. The van der Waals surface area contributed by atoms with E-state index in [0.717, 1.165) is 16.9 Å². The van der Waals surface area contributed by atoms with Gasteiger partial charge in [-0.1, -0.05) is 25.1 Å². The van der Waals surface area contributed by atoms with Crippen molar-refractivity contribution >= 4 is 11.5 Å². The highest BCUT2D eigenvalue weighted by Crippen LogP contribution is 2.24. The van der Waals surface area contributed by atoms with Gasteiger partial charge >= 0.3 is 0 Å². The SMILES string of the molecule is COc1ccccc1C(C)=CC(=O)NCC(C)CC(C)O. The van der Waals surface area contributed by atoms with E-state index in [9.17, 15) is 9.90 Å². The normalized spacial score (nSPS) is 14.4. The zero-order chi connectivity index (χ0) is 15.8. The van der Waals surface area contributed by atoms with Crippen LogP contribution in [0.4, 0.5) is 0 Å². The predicted molar refractivity (Wildman–Crippen MR) is 85.1 cm³/mol. The van der Waals surface area contributed by atoms with Crippen LogP contribution in [0.1, 0.15) is 32.8 Å². The number of carbonyl (C=O) groups is 1. The summed E-state index contributed by atoms with van der Waals surface area (Å²) in [5.74, 6) is 0.867. The highest BCUT2D eigenvalue weighted by atomic mass is 16.5. The monoisotopic (exact) mass is 291 g/mol. The lowest BCUT2D eigenvalue weighted by atomic mass is 10.0. The fourth-order valence-corrected chi connectivity index (χ4v) is 2.24. The molecule has 1 amide bonds. The Hall–Kier alpha value is -1.81. The van der Waals surface area contributed by atoms with E-state index >= 15 is 0 Å². The number of aliphatic hydroxyl groups excluding tert-OH is 1. The van der Waals surface area contributed by atoms with Crippen LogP contribution in [-0.2, 0) is 4.79 Å². The Balaban J connectivity index is 2.63. The molecule has 0 aliphatic heterocycles. The Kier molecular flexibility index (Phi) is 6.96.